The molecule has 0 atom stereocenters. The fraction of sp³-hybridized carbons (Fsp3) is 0.308. The van der Waals surface area contributed by atoms with Crippen molar-refractivity contribution in [3.63, 3.8) is 0 Å². The first kappa shape index (κ1) is 12.3. The summed E-state index contributed by atoms with van der Waals surface area (Å²) in [5.74, 6) is 0.0560. The summed E-state index contributed by atoms with van der Waals surface area (Å²) < 4.78 is 9.84. The number of fused-ring (bicyclic) bond motifs is 1. The summed E-state index contributed by atoms with van der Waals surface area (Å²) in [6.07, 6.45) is 0.216. The highest BCUT2D eigenvalue weighted by Gasteiger charge is 2.11. The summed E-state index contributed by atoms with van der Waals surface area (Å²) in [6.45, 7) is 1.75. The molecule has 1 heterocycles. The molecule has 0 spiro atoms. The summed E-state index contributed by atoms with van der Waals surface area (Å²) in [4.78, 5) is 27.0. The second kappa shape index (κ2) is 5.00. The van der Waals surface area contributed by atoms with E-state index in [-0.39, 0.29) is 24.6 Å². The molecule has 0 fully saturated rings. The molecular weight excluding hydrogens is 234 g/mol. The van der Waals surface area contributed by atoms with Crippen LogP contribution < -0.4 is 0 Å². The number of hydrogen-bond acceptors (Lipinski definition) is 5. The van der Waals surface area contributed by atoms with Crippen LogP contribution in [0.5, 0.6) is 0 Å². The SMILES string of the molecule is COC(=O)CCC(=O)c1ccc2nc(C)oc2c1. The molecule has 2 rings (SSSR count). The molecule has 1 aromatic carbocycles. The zero-order valence-electron chi connectivity index (χ0n) is 10.2. The van der Waals surface area contributed by atoms with E-state index in [2.05, 4.69) is 9.72 Å². The predicted octanol–water partition coefficient (Wildman–Crippen LogP) is 2.27. The maximum absolute atomic E-state index is 11.8. The number of oxazole rings is 1. The van der Waals surface area contributed by atoms with Crippen molar-refractivity contribution in [1.29, 1.82) is 0 Å². The summed E-state index contributed by atoms with van der Waals surface area (Å²) in [6, 6.07) is 5.07. The summed E-state index contributed by atoms with van der Waals surface area (Å²) in [5, 5.41) is 0. The molecule has 0 saturated carbocycles. The lowest BCUT2D eigenvalue weighted by atomic mass is 10.1. The van der Waals surface area contributed by atoms with E-state index in [1.807, 2.05) is 0 Å². The molecular formula is C13H13NO4. The Labute approximate surface area is 104 Å². The molecule has 2 aromatic rings. The lowest BCUT2D eigenvalue weighted by Gasteiger charge is -2.00. The van der Waals surface area contributed by atoms with E-state index in [1.54, 1.807) is 25.1 Å². The predicted molar refractivity (Wildman–Crippen MR) is 64.3 cm³/mol. The smallest absolute Gasteiger partial charge is 0.305 e. The second-order valence-electron chi connectivity index (χ2n) is 3.91. The van der Waals surface area contributed by atoms with E-state index < -0.39 is 0 Å². The Kier molecular flexibility index (Phi) is 3.41. The van der Waals surface area contributed by atoms with Crippen molar-refractivity contribution in [3.05, 3.63) is 29.7 Å². The zero-order valence-corrected chi connectivity index (χ0v) is 10.2. The van der Waals surface area contributed by atoms with Crippen molar-refractivity contribution in [3.8, 4) is 0 Å². The minimum absolute atomic E-state index is 0.0861. The molecule has 5 heteroatoms. The molecule has 0 N–H and O–H groups in total. The number of aryl methyl sites for hydroxylation is 1. The molecule has 0 aliphatic heterocycles. The minimum Gasteiger partial charge on any atom is -0.469 e. The third-order valence-corrected chi connectivity index (χ3v) is 2.60. The third kappa shape index (κ3) is 2.56. The monoisotopic (exact) mass is 247 g/mol. The van der Waals surface area contributed by atoms with Crippen molar-refractivity contribution in [2.75, 3.05) is 7.11 Å². The van der Waals surface area contributed by atoms with Gasteiger partial charge >= 0.3 is 5.97 Å². The van der Waals surface area contributed by atoms with Gasteiger partial charge in [0.15, 0.2) is 17.3 Å². The first-order valence-electron chi connectivity index (χ1n) is 5.57. The highest BCUT2D eigenvalue weighted by molar-refractivity contribution is 5.99. The topological polar surface area (TPSA) is 69.4 Å². The number of methoxy groups -OCH3 is 1. The summed E-state index contributed by atoms with van der Waals surface area (Å²) in [5.41, 5.74) is 1.82. The standard InChI is InChI=1S/C13H13NO4/c1-8-14-10-4-3-9(7-12(10)18-8)11(15)5-6-13(16)17-2/h3-4,7H,5-6H2,1-2H3. The van der Waals surface area contributed by atoms with E-state index >= 15 is 0 Å². The minimum atomic E-state index is -0.389. The lowest BCUT2D eigenvalue weighted by molar-refractivity contribution is -0.140. The number of aromatic nitrogens is 1. The van der Waals surface area contributed by atoms with Gasteiger partial charge in [0.2, 0.25) is 0 Å². The molecule has 0 aliphatic carbocycles. The van der Waals surface area contributed by atoms with Crippen molar-refractivity contribution in [2.24, 2.45) is 0 Å². The fourth-order valence-electron chi connectivity index (χ4n) is 1.68. The van der Waals surface area contributed by atoms with Crippen LogP contribution >= 0.6 is 0 Å². The Balaban J connectivity index is 2.15. The maximum atomic E-state index is 11.8. The first-order valence-corrected chi connectivity index (χ1v) is 5.57. The number of nitrogens with zero attached hydrogens (tertiary/aromatic N) is 1. The average Bonchev–Trinajstić information content (AvgIpc) is 2.74. The highest BCUT2D eigenvalue weighted by atomic mass is 16.5. The first-order chi connectivity index (χ1) is 8.60. The Hall–Kier alpha value is -2.17. The van der Waals surface area contributed by atoms with Crippen molar-refractivity contribution < 1.29 is 18.7 Å². The third-order valence-electron chi connectivity index (χ3n) is 2.60. The van der Waals surface area contributed by atoms with Crippen LogP contribution in [0.2, 0.25) is 0 Å². The van der Waals surface area contributed by atoms with Crippen LogP contribution in [0.25, 0.3) is 11.1 Å². The number of ether oxygens (including phenoxy) is 1. The lowest BCUT2D eigenvalue weighted by Crippen LogP contribution is -2.05. The molecule has 18 heavy (non-hydrogen) atoms. The number of carbonyl (C=O) groups excluding carboxylic acids is 2. The van der Waals surface area contributed by atoms with E-state index in [0.717, 1.165) is 5.52 Å². The van der Waals surface area contributed by atoms with Crippen LogP contribution in [0.1, 0.15) is 29.1 Å². The number of Topliss-reactive ketones (excluding diaryl/α,β-unsaturated/α-hetero) is 1. The van der Waals surface area contributed by atoms with E-state index in [9.17, 15) is 9.59 Å². The van der Waals surface area contributed by atoms with Gasteiger partial charge in [-0.15, -0.1) is 0 Å². The number of ketones is 1. The molecule has 0 saturated heterocycles. The Morgan fingerprint density at radius 2 is 2.11 bits per heavy atom. The van der Waals surface area contributed by atoms with Crippen LogP contribution in [-0.2, 0) is 9.53 Å². The van der Waals surface area contributed by atoms with Gasteiger partial charge in [0.25, 0.3) is 0 Å². The largest absolute Gasteiger partial charge is 0.469 e. The van der Waals surface area contributed by atoms with Crippen molar-refractivity contribution in [1.82, 2.24) is 4.98 Å². The molecule has 0 amide bonds. The van der Waals surface area contributed by atoms with E-state index in [1.165, 1.54) is 7.11 Å². The number of rotatable bonds is 4. The number of esters is 1. The number of hydrogen-bond donors (Lipinski definition) is 0. The summed E-state index contributed by atoms with van der Waals surface area (Å²) >= 11 is 0. The molecule has 1 aromatic heterocycles. The number of benzene rings is 1. The van der Waals surface area contributed by atoms with Gasteiger partial charge in [-0.25, -0.2) is 4.98 Å². The normalized spacial score (nSPS) is 10.6. The molecule has 5 nitrogen and oxygen atoms in total. The van der Waals surface area contributed by atoms with Gasteiger partial charge in [-0.3, -0.25) is 9.59 Å². The van der Waals surface area contributed by atoms with Gasteiger partial charge < -0.3 is 9.15 Å². The Morgan fingerprint density at radius 1 is 1.33 bits per heavy atom. The molecule has 0 unspecified atom stereocenters. The van der Waals surface area contributed by atoms with E-state index in [0.29, 0.717) is 17.0 Å². The molecule has 0 aliphatic rings. The van der Waals surface area contributed by atoms with Crippen LogP contribution in [0, 0.1) is 6.92 Å². The average molecular weight is 247 g/mol. The van der Waals surface area contributed by atoms with Crippen LogP contribution in [0.15, 0.2) is 22.6 Å². The summed E-state index contributed by atoms with van der Waals surface area (Å²) in [7, 11) is 1.30. The van der Waals surface area contributed by atoms with Crippen LogP contribution in [0.3, 0.4) is 0 Å². The van der Waals surface area contributed by atoms with E-state index in [4.69, 9.17) is 4.42 Å². The van der Waals surface area contributed by atoms with Crippen LogP contribution in [-0.4, -0.2) is 23.8 Å². The quantitative estimate of drug-likeness (QED) is 0.612. The van der Waals surface area contributed by atoms with Crippen molar-refractivity contribution >= 4 is 22.9 Å². The Morgan fingerprint density at radius 3 is 2.83 bits per heavy atom. The molecule has 94 valence electrons. The fourth-order valence-corrected chi connectivity index (χ4v) is 1.68. The van der Waals surface area contributed by atoms with Gasteiger partial charge in [-0.1, -0.05) is 0 Å². The van der Waals surface area contributed by atoms with Gasteiger partial charge in [0, 0.05) is 18.9 Å². The highest BCUT2D eigenvalue weighted by Crippen LogP contribution is 2.18. The molecule has 0 bridgehead atoms. The van der Waals surface area contributed by atoms with Crippen molar-refractivity contribution in [2.45, 2.75) is 19.8 Å². The van der Waals surface area contributed by atoms with Gasteiger partial charge in [0.05, 0.1) is 13.5 Å². The number of carbonyl (C=O) groups is 2. The molecule has 0 radical (unpaired) electrons. The zero-order chi connectivity index (χ0) is 13.1. The van der Waals surface area contributed by atoms with Gasteiger partial charge in [-0.05, 0) is 18.2 Å². The van der Waals surface area contributed by atoms with Crippen LogP contribution in [0.4, 0.5) is 0 Å². The van der Waals surface area contributed by atoms with Gasteiger partial charge in [0.1, 0.15) is 5.52 Å². The maximum Gasteiger partial charge on any atom is 0.305 e. The second-order valence-corrected chi connectivity index (χ2v) is 3.91. The van der Waals surface area contributed by atoms with Gasteiger partial charge in [-0.2, -0.15) is 0 Å². The Bertz CT molecular complexity index is 600.